The number of nitrogens with zero attached hydrogens (tertiary/aromatic N) is 1. The molecule has 0 saturated carbocycles. The molecule has 0 aliphatic carbocycles. The summed E-state index contributed by atoms with van der Waals surface area (Å²) in [7, 11) is 0. The van der Waals surface area contributed by atoms with Gasteiger partial charge in [0.15, 0.2) is 11.7 Å². The van der Waals surface area contributed by atoms with Gasteiger partial charge in [-0.25, -0.2) is 4.98 Å². The van der Waals surface area contributed by atoms with Gasteiger partial charge in [-0.3, -0.25) is 0 Å². The van der Waals surface area contributed by atoms with Crippen molar-refractivity contribution < 1.29 is 4.42 Å². The lowest BCUT2D eigenvalue weighted by molar-refractivity contribution is 0.497. The van der Waals surface area contributed by atoms with E-state index in [1.165, 1.54) is 0 Å². The van der Waals surface area contributed by atoms with Gasteiger partial charge in [0.2, 0.25) is 0 Å². The highest BCUT2D eigenvalue weighted by Crippen LogP contribution is 2.34. The van der Waals surface area contributed by atoms with Crippen LogP contribution in [-0.2, 0) is 6.42 Å². The van der Waals surface area contributed by atoms with Gasteiger partial charge in [-0.15, -0.1) is 0 Å². The first-order chi connectivity index (χ1) is 11.7. The monoisotopic (exact) mass is 423 g/mol. The zero-order valence-electron chi connectivity index (χ0n) is 12.9. The van der Waals surface area contributed by atoms with Crippen LogP contribution >= 0.6 is 39.1 Å². The Morgan fingerprint density at radius 1 is 0.833 bits per heavy atom. The molecule has 0 spiro atoms. The van der Waals surface area contributed by atoms with E-state index < -0.39 is 0 Å². The van der Waals surface area contributed by atoms with Gasteiger partial charge in [-0.1, -0.05) is 51.3 Å². The average molecular weight is 425 g/mol. The number of hydrogen-bond donors (Lipinski definition) is 0. The third-order valence-electron chi connectivity index (χ3n) is 3.67. The molecule has 0 aliphatic rings. The molecule has 0 radical (unpaired) electrons. The second kappa shape index (κ2) is 8.19. The van der Waals surface area contributed by atoms with Crippen molar-refractivity contribution in [3.05, 3.63) is 64.5 Å². The van der Waals surface area contributed by atoms with E-state index in [1.54, 1.807) is 0 Å². The van der Waals surface area contributed by atoms with Crippen molar-refractivity contribution in [2.45, 2.75) is 19.3 Å². The van der Waals surface area contributed by atoms with Crippen molar-refractivity contribution in [2.24, 2.45) is 0 Å². The van der Waals surface area contributed by atoms with E-state index in [0.29, 0.717) is 10.0 Å². The summed E-state index contributed by atoms with van der Waals surface area (Å²) >= 11 is 15.5. The fourth-order valence-electron chi connectivity index (χ4n) is 2.44. The molecule has 0 fully saturated rings. The van der Waals surface area contributed by atoms with Crippen molar-refractivity contribution in [1.29, 1.82) is 0 Å². The lowest BCUT2D eigenvalue weighted by Crippen LogP contribution is -1.86. The number of alkyl halides is 1. The van der Waals surface area contributed by atoms with Crippen LogP contribution in [0.1, 0.15) is 18.7 Å². The quantitative estimate of drug-likeness (QED) is 0.313. The summed E-state index contributed by atoms with van der Waals surface area (Å²) in [5, 5.41) is 2.39. The van der Waals surface area contributed by atoms with Gasteiger partial charge in [-0.05, 0) is 49.2 Å². The molecular weight excluding hydrogens is 409 g/mol. The van der Waals surface area contributed by atoms with Crippen molar-refractivity contribution in [1.82, 2.24) is 4.98 Å². The summed E-state index contributed by atoms with van der Waals surface area (Å²) in [6.45, 7) is 0. The molecule has 0 bridgehead atoms. The molecular formula is C19H16BrCl2NO. The highest BCUT2D eigenvalue weighted by molar-refractivity contribution is 9.09. The van der Waals surface area contributed by atoms with Gasteiger partial charge in [0, 0.05) is 32.9 Å². The summed E-state index contributed by atoms with van der Waals surface area (Å²) < 4.78 is 6.07. The molecule has 0 saturated heterocycles. The minimum atomic E-state index is 0.698. The van der Waals surface area contributed by atoms with E-state index in [-0.39, 0.29) is 0 Å². The van der Waals surface area contributed by atoms with Crippen LogP contribution in [-0.4, -0.2) is 10.3 Å². The molecule has 1 aromatic heterocycles. The van der Waals surface area contributed by atoms with Crippen LogP contribution in [0.4, 0.5) is 0 Å². The van der Waals surface area contributed by atoms with E-state index in [9.17, 15) is 0 Å². The van der Waals surface area contributed by atoms with Gasteiger partial charge < -0.3 is 4.42 Å². The van der Waals surface area contributed by atoms with Crippen molar-refractivity contribution in [2.75, 3.05) is 5.33 Å². The van der Waals surface area contributed by atoms with E-state index in [0.717, 1.165) is 53.1 Å². The molecule has 0 unspecified atom stereocenters. The molecule has 24 heavy (non-hydrogen) atoms. The Kier molecular flexibility index (Phi) is 5.99. The number of rotatable bonds is 6. The van der Waals surface area contributed by atoms with Gasteiger partial charge >= 0.3 is 0 Å². The third-order valence-corrected chi connectivity index (χ3v) is 4.73. The summed E-state index contributed by atoms with van der Waals surface area (Å²) in [5.74, 6) is 1.52. The number of oxazole rings is 1. The van der Waals surface area contributed by atoms with Gasteiger partial charge in [0.25, 0.3) is 0 Å². The van der Waals surface area contributed by atoms with E-state index in [2.05, 4.69) is 15.9 Å². The second-order valence-corrected chi connectivity index (χ2v) is 7.11. The molecule has 5 heteroatoms. The molecule has 0 aliphatic heterocycles. The highest BCUT2D eigenvalue weighted by Gasteiger charge is 2.16. The average Bonchev–Trinajstić information content (AvgIpc) is 3.01. The Balaban J connectivity index is 2.00. The largest absolute Gasteiger partial charge is 0.440 e. The van der Waals surface area contributed by atoms with Crippen molar-refractivity contribution in [3.63, 3.8) is 0 Å². The molecule has 1 heterocycles. The molecule has 3 rings (SSSR count). The fraction of sp³-hybridized carbons (Fsp3) is 0.211. The summed E-state index contributed by atoms with van der Waals surface area (Å²) in [5.41, 5.74) is 2.78. The first kappa shape index (κ1) is 17.5. The van der Waals surface area contributed by atoms with Crippen LogP contribution in [0, 0.1) is 0 Å². The SMILES string of the molecule is Clc1ccc(-c2nc(CCCCBr)oc2-c2ccc(Cl)cc2)cc1. The van der Waals surface area contributed by atoms with Crippen molar-refractivity contribution in [3.8, 4) is 22.6 Å². The Morgan fingerprint density at radius 2 is 1.42 bits per heavy atom. The summed E-state index contributed by atoms with van der Waals surface area (Å²) in [6, 6.07) is 15.3. The van der Waals surface area contributed by atoms with Gasteiger partial charge in [0.1, 0.15) is 5.69 Å². The lowest BCUT2D eigenvalue weighted by atomic mass is 10.1. The maximum atomic E-state index is 6.07. The van der Waals surface area contributed by atoms with Crippen LogP contribution in [0.25, 0.3) is 22.6 Å². The lowest BCUT2D eigenvalue weighted by Gasteiger charge is -2.02. The zero-order chi connectivity index (χ0) is 16.9. The van der Waals surface area contributed by atoms with E-state index in [4.69, 9.17) is 32.6 Å². The zero-order valence-corrected chi connectivity index (χ0v) is 16.0. The van der Waals surface area contributed by atoms with E-state index in [1.807, 2.05) is 48.5 Å². The standard InChI is InChI=1S/C19H16BrCl2NO/c20-12-2-1-3-17-23-18(13-4-8-15(21)9-5-13)19(24-17)14-6-10-16(22)11-7-14/h4-11H,1-3,12H2. The molecule has 0 amide bonds. The molecule has 0 N–H and O–H groups in total. The Hall–Kier alpha value is -1.29. The predicted molar refractivity (Wildman–Crippen MR) is 104 cm³/mol. The van der Waals surface area contributed by atoms with E-state index >= 15 is 0 Å². The Morgan fingerprint density at radius 3 is 2.00 bits per heavy atom. The molecule has 3 aromatic rings. The van der Waals surface area contributed by atoms with Gasteiger partial charge in [0.05, 0.1) is 0 Å². The normalized spacial score (nSPS) is 11.0. The predicted octanol–water partition coefficient (Wildman–Crippen LogP) is 7.03. The number of aryl methyl sites for hydroxylation is 1. The minimum Gasteiger partial charge on any atom is -0.440 e. The minimum absolute atomic E-state index is 0.698. The first-order valence-electron chi connectivity index (χ1n) is 7.75. The van der Waals surface area contributed by atoms with Gasteiger partial charge in [-0.2, -0.15) is 0 Å². The number of halogens is 3. The third kappa shape index (κ3) is 4.21. The Bertz CT molecular complexity index is 734. The van der Waals surface area contributed by atoms with Crippen LogP contribution < -0.4 is 0 Å². The highest BCUT2D eigenvalue weighted by atomic mass is 79.9. The molecule has 2 aromatic carbocycles. The number of hydrogen-bond acceptors (Lipinski definition) is 2. The maximum absolute atomic E-state index is 6.07. The second-order valence-electron chi connectivity index (χ2n) is 5.45. The number of benzene rings is 2. The van der Waals surface area contributed by atoms with Crippen LogP contribution in [0.2, 0.25) is 10.0 Å². The maximum Gasteiger partial charge on any atom is 0.195 e. The van der Waals surface area contributed by atoms with Crippen LogP contribution in [0.5, 0.6) is 0 Å². The summed E-state index contributed by atoms with van der Waals surface area (Å²) in [6.07, 6.45) is 2.95. The topological polar surface area (TPSA) is 26.0 Å². The Labute approximate surface area is 159 Å². The molecule has 2 nitrogen and oxygen atoms in total. The smallest absolute Gasteiger partial charge is 0.195 e. The molecule has 124 valence electrons. The summed E-state index contributed by atoms with van der Waals surface area (Å²) in [4.78, 5) is 4.72. The number of aromatic nitrogens is 1. The van der Waals surface area contributed by atoms with Crippen molar-refractivity contribution >= 4 is 39.1 Å². The molecule has 0 atom stereocenters. The fourth-order valence-corrected chi connectivity index (χ4v) is 3.09. The van der Waals surface area contributed by atoms with Crippen LogP contribution in [0.3, 0.4) is 0 Å². The number of unbranched alkanes of at least 4 members (excludes halogenated alkanes) is 1. The first-order valence-corrected chi connectivity index (χ1v) is 9.62. The van der Waals surface area contributed by atoms with Crippen LogP contribution in [0.15, 0.2) is 52.9 Å².